The van der Waals surface area contributed by atoms with Crippen molar-refractivity contribution in [2.75, 3.05) is 36.0 Å². The van der Waals surface area contributed by atoms with Crippen molar-refractivity contribution in [3.05, 3.63) is 24.3 Å². The summed E-state index contributed by atoms with van der Waals surface area (Å²) in [4.78, 5) is 4.73. The first kappa shape index (κ1) is 6.35. The lowest BCUT2D eigenvalue weighted by atomic mass is 10.3. The van der Waals surface area contributed by atoms with E-state index < -0.39 is 0 Å². The summed E-state index contributed by atoms with van der Waals surface area (Å²) in [6, 6.07) is 8.89. The average Bonchev–Trinajstić information content (AvgIpc) is 2.98. The molecule has 0 spiro atoms. The predicted octanol–water partition coefficient (Wildman–Crippen LogP) is 1.33. The maximum absolute atomic E-state index is 2.37. The minimum atomic E-state index is 1.24. The van der Waals surface area contributed by atoms with Gasteiger partial charge in [0.1, 0.15) is 0 Å². The SMILES string of the molecule is c1cc(N2CC2)ccc1N1CC1. The second-order valence-electron chi connectivity index (χ2n) is 3.49. The van der Waals surface area contributed by atoms with Crippen molar-refractivity contribution >= 4 is 11.4 Å². The zero-order valence-corrected chi connectivity index (χ0v) is 7.03. The summed E-state index contributed by atoms with van der Waals surface area (Å²) in [6.07, 6.45) is 0. The number of rotatable bonds is 2. The van der Waals surface area contributed by atoms with E-state index in [-0.39, 0.29) is 0 Å². The average molecular weight is 160 g/mol. The van der Waals surface area contributed by atoms with Gasteiger partial charge in [-0.25, -0.2) is 0 Å². The lowest BCUT2D eigenvalue weighted by Gasteiger charge is -2.05. The van der Waals surface area contributed by atoms with Crippen molar-refractivity contribution in [1.82, 2.24) is 0 Å². The van der Waals surface area contributed by atoms with Gasteiger partial charge in [-0.15, -0.1) is 0 Å². The molecule has 1 aromatic carbocycles. The second-order valence-corrected chi connectivity index (χ2v) is 3.49. The monoisotopic (exact) mass is 160 g/mol. The molecule has 0 atom stereocenters. The number of hydrogen-bond donors (Lipinski definition) is 0. The largest absolute Gasteiger partial charge is 0.368 e. The molecule has 3 rings (SSSR count). The molecule has 2 fully saturated rings. The molecule has 0 aliphatic carbocycles. The topological polar surface area (TPSA) is 6.02 Å². The van der Waals surface area contributed by atoms with Gasteiger partial charge >= 0.3 is 0 Å². The fourth-order valence-corrected chi connectivity index (χ4v) is 1.49. The van der Waals surface area contributed by atoms with E-state index >= 15 is 0 Å². The van der Waals surface area contributed by atoms with E-state index in [0.717, 1.165) is 0 Å². The van der Waals surface area contributed by atoms with Crippen LogP contribution in [0.25, 0.3) is 0 Å². The van der Waals surface area contributed by atoms with E-state index in [9.17, 15) is 0 Å². The first-order valence-corrected chi connectivity index (χ1v) is 4.53. The van der Waals surface area contributed by atoms with Crippen LogP contribution < -0.4 is 9.80 Å². The first-order chi connectivity index (χ1) is 5.93. The number of nitrogens with zero attached hydrogens (tertiary/aromatic N) is 2. The van der Waals surface area contributed by atoms with Crippen LogP contribution >= 0.6 is 0 Å². The van der Waals surface area contributed by atoms with Crippen molar-refractivity contribution in [3.63, 3.8) is 0 Å². The summed E-state index contributed by atoms with van der Waals surface area (Å²) in [7, 11) is 0. The Morgan fingerprint density at radius 2 is 1.00 bits per heavy atom. The van der Waals surface area contributed by atoms with Gasteiger partial charge in [0.25, 0.3) is 0 Å². The number of anilines is 2. The fourth-order valence-electron chi connectivity index (χ4n) is 1.49. The molecule has 2 aliphatic rings. The molecular weight excluding hydrogens is 148 g/mol. The van der Waals surface area contributed by atoms with Crippen LogP contribution in [0.15, 0.2) is 24.3 Å². The molecule has 2 heteroatoms. The van der Waals surface area contributed by atoms with Gasteiger partial charge in [-0.05, 0) is 24.3 Å². The lowest BCUT2D eigenvalue weighted by molar-refractivity contribution is 1.35. The van der Waals surface area contributed by atoms with E-state index in [1.165, 1.54) is 37.6 Å². The Balaban J connectivity index is 1.86. The molecule has 2 heterocycles. The highest BCUT2D eigenvalue weighted by atomic mass is 15.3. The highest BCUT2D eigenvalue weighted by molar-refractivity contribution is 5.60. The molecule has 12 heavy (non-hydrogen) atoms. The van der Waals surface area contributed by atoms with Gasteiger partial charge < -0.3 is 9.80 Å². The Bertz CT molecular complexity index is 252. The molecule has 2 nitrogen and oxygen atoms in total. The summed E-state index contributed by atoms with van der Waals surface area (Å²) in [5, 5.41) is 0. The molecule has 0 radical (unpaired) electrons. The zero-order valence-electron chi connectivity index (χ0n) is 7.03. The molecular formula is C10H12N2. The van der Waals surface area contributed by atoms with Crippen LogP contribution in [0.5, 0.6) is 0 Å². The summed E-state index contributed by atoms with van der Waals surface area (Å²) in [5.41, 5.74) is 2.75. The maximum Gasteiger partial charge on any atom is 0.0368 e. The van der Waals surface area contributed by atoms with Crippen LogP contribution in [-0.2, 0) is 0 Å². The van der Waals surface area contributed by atoms with Crippen molar-refractivity contribution in [2.24, 2.45) is 0 Å². The Morgan fingerprint density at radius 1 is 0.667 bits per heavy atom. The molecule has 0 bridgehead atoms. The Labute approximate surface area is 72.4 Å². The summed E-state index contributed by atoms with van der Waals surface area (Å²) < 4.78 is 0. The van der Waals surface area contributed by atoms with Gasteiger partial charge in [0, 0.05) is 37.6 Å². The van der Waals surface area contributed by atoms with E-state index in [4.69, 9.17) is 0 Å². The van der Waals surface area contributed by atoms with Gasteiger partial charge in [-0.2, -0.15) is 0 Å². The third kappa shape index (κ3) is 1.04. The second kappa shape index (κ2) is 2.16. The van der Waals surface area contributed by atoms with E-state index in [1.807, 2.05) is 0 Å². The standard InChI is InChI=1S/C10H12N2/c1-2-10(12-7-8-12)4-3-9(1)11-5-6-11/h1-4H,5-8H2. The van der Waals surface area contributed by atoms with Crippen LogP contribution in [0.1, 0.15) is 0 Å². The molecule has 62 valence electrons. The number of benzene rings is 1. The van der Waals surface area contributed by atoms with Crippen LogP contribution in [0.3, 0.4) is 0 Å². The third-order valence-corrected chi connectivity index (χ3v) is 2.47. The quantitative estimate of drug-likeness (QED) is 0.602. The number of hydrogen-bond acceptors (Lipinski definition) is 2. The van der Waals surface area contributed by atoms with Gasteiger partial charge in [-0.1, -0.05) is 0 Å². The zero-order chi connectivity index (χ0) is 7.97. The van der Waals surface area contributed by atoms with Gasteiger partial charge in [0.05, 0.1) is 0 Å². The van der Waals surface area contributed by atoms with Crippen molar-refractivity contribution in [2.45, 2.75) is 0 Å². The van der Waals surface area contributed by atoms with Gasteiger partial charge in [0.15, 0.2) is 0 Å². The van der Waals surface area contributed by atoms with Gasteiger partial charge in [0.2, 0.25) is 0 Å². The highest BCUT2D eigenvalue weighted by Crippen LogP contribution is 2.26. The molecule has 0 saturated carbocycles. The van der Waals surface area contributed by atoms with Crippen LogP contribution in [0, 0.1) is 0 Å². The molecule has 0 unspecified atom stereocenters. The normalized spacial score (nSPS) is 19.7. The molecule has 0 amide bonds. The Morgan fingerprint density at radius 3 is 1.25 bits per heavy atom. The van der Waals surface area contributed by atoms with Crippen LogP contribution in [-0.4, -0.2) is 26.2 Å². The van der Waals surface area contributed by atoms with Gasteiger partial charge in [-0.3, -0.25) is 0 Å². The van der Waals surface area contributed by atoms with Crippen molar-refractivity contribution in [3.8, 4) is 0 Å². The molecule has 2 saturated heterocycles. The lowest BCUT2D eigenvalue weighted by Crippen LogP contribution is -1.93. The minimum Gasteiger partial charge on any atom is -0.368 e. The molecule has 0 aromatic heterocycles. The fraction of sp³-hybridized carbons (Fsp3) is 0.400. The molecule has 2 aliphatic heterocycles. The molecule has 0 N–H and O–H groups in total. The van der Waals surface area contributed by atoms with E-state index in [1.54, 1.807) is 0 Å². The smallest absolute Gasteiger partial charge is 0.0368 e. The first-order valence-electron chi connectivity index (χ1n) is 4.53. The van der Waals surface area contributed by atoms with E-state index in [2.05, 4.69) is 34.1 Å². The summed E-state index contributed by atoms with van der Waals surface area (Å²) >= 11 is 0. The van der Waals surface area contributed by atoms with Crippen molar-refractivity contribution < 1.29 is 0 Å². The van der Waals surface area contributed by atoms with Crippen molar-refractivity contribution in [1.29, 1.82) is 0 Å². The Hall–Kier alpha value is -1.18. The summed E-state index contributed by atoms with van der Waals surface area (Å²) in [6.45, 7) is 4.96. The summed E-state index contributed by atoms with van der Waals surface area (Å²) in [5.74, 6) is 0. The highest BCUT2D eigenvalue weighted by Gasteiger charge is 2.20. The Kier molecular flexibility index (Phi) is 1.14. The van der Waals surface area contributed by atoms with Crippen LogP contribution in [0.2, 0.25) is 0 Å². The minimum absolute atomic E-state index is 1.24. The van der Waals surface area contributed by atoms with Crippen LogP contribution in [0.4, 0.5) is 11.4 Å². The van der Waals surface area contributed by atoms with E-state index in [0.29, 0.717) is 0 Å². The third-order valence-electron chi connectivity index (χ3n) is 2.47. The maximum atomic E-state index is 2.37. The molecule has 1 aromatic rings. The predicted molar refractivity (Wildman–Crippen MR) is 50.9 cm³/mol.